The average molecular weight is 329 g/mol. The fourth-order valence-corrected chi connectivity index (χ4v) is 3.01. The standard InChI is InChI=1S/C15H12Cl3NO/c16-10-4-5-14-9(6-10)7-11(20-14)8-19-15-12(17)2-1-3-13(15)18/h1-6,11,19H,7-8H2. The Morgan fingerprint density at radius 2 is 1.85 bits per heavy atom. The minimum atomic E-state index is 0.0517. The Kier molecular flexibility index (Phi) is 3.97. The van der Waals surface area contributed by atoms with Crippen LogP contribution < -0.4 is 10.1 Å². The topological polar surface area (TPSA) is 21.3 Å². The van der Waals surface area contributed by atoms with E-state index in [1.165, 1.54) is 0 Å². The maximum Gasteiger partial charge on any atom is 0.123 e. The molecule has 104 valence electrons. The number of ether oxygens (including phenoxy) is 1. The second kappa shape index (κ2) is 5.72. The lowest BCUT2D eigenvalue weighted by Gasteiger charge is -2.14. The fraction of sp³-hybridized carbons (Fsp3) is 0.200. The summed E-state index contributed by atoms with van der Waals surface area (Å²) in [6.07, 6.45) is 0.876. The lowest BCUT2D eigenvalue weighted by molar-refractivity contribution is 0.246. The van der Waals surface area contributed by atoms with Crippen LogP contribution in [0.15, 0.2) is 36.4 Å². The van der Waals surface area contributed by atoms with Crippen molar-refractivity contribution in [2.24, 2.45) is 0 Å². The smallest absolute Gasteiger partial charge is 0.123 e. The average Bonchev–Trinajstić information content (AvgIpc) is 2.80. The summed E-state index contributed by atoms with van der Waals surface area (Å²) >= 11 is 18.2. The number of rotatable bonds is 3. The molecule has 0 aliphatic carbocycles. The van der Waals surface area contributed by atoms with E-state index in [4.69, 9.17) is 39.5 Å². The van der Waals surface area contributed by atoms with Crippen molar-refractivity contribution in [3.05, 3.63) is 57.0 Å². The number of nitrogens with one attached hydrogen (secondary N) is 1. The molecule has 1 atom stereocenters. The molecular weight excluding hydrogens is 317 g/mol. The molecule has 3 rings (SSSR count). The fourth-order valence-electron chi connectivity index (χ4n) is 2.29. The minimum absolute atomic E-state index is 0.0517. The van der Waals surface area contributed by atoms with Gasteiger partial charge >= 0.3 is 0 Å². The van der Waals surface area contributed by atoms with Gasteiger partial charge in [0.15, 0.2) is 0 Å². The van der Waals surface area contributed by atoms with Crippen molar-refractivity contribution < 1.29 is 4.74 Å². The van der Waals surface area contributed by atoms with E-state index in [0.29, 0.717) is 16.6 Å². The molecule has 0 amide bonds. The quantitative estimate of drug-likeness (QED) is 0.850. The van der Waals surface area contributed by atoms with E-state index in [9.17, 15) is 0 Å². The molecule has 0 aromatic heterocycles. The van der Waals surface area contributed by atoms with Crippen molar-refractivity contribution in [1.82, 2.24) is 0 Å². The predicted molar refractivity (Wildman–Crippen MR) is 84.5 cm³/mol. The zero-order chi connectivity index (χ0) is 14.1. The molecule has 0 radical (unpaired) electrons. The Balaban J connectivity index is 1.67. The van der Waals surface area contributed by atoms with Gasteiger partial charge in [0.1, 0.15) is 11.9 Å². The summed E-state index contributed by atoms with van der Waals surface area (Å²) < 4.78 is 5.86. The SMILES string of the molecule is Clc1ccc2c(c1)CC(CNc1c(Cl)cccc1Cl)O2. The number of para-hydroxylation sites is 1. The number of hydrogen-bond donors (Lipinski definition) is 1. The second-order valence-electron chi connectivity index (χ2n) is 4.67. The number of anilines is 1. The van der Waals surface area contributed by atoms with E-state index in [-0.39, 0.29) is 6.10 Å². The Hall–Kier alpha value is -1.09. The Bertz CT molecular complexity index is 625. The number of halogens is 3. The minimum Gasteiger partial charge on any atom is -0.488 e. The molecule has 0 fully saturated rings. The predicted octanol–water partition coefficient (Wildman–Crippen LogP) is 5.06. The molecule has 1 aliphatic heterocycles. The van der Waals surface area contributed by atoms with Crippen molar-refractivity contribution in [3.63, 3.8) is 0 Å². The molecule has 2 nitrogen and oxygen atoms in total. The number of benzene rings is 2. The molecule has 1 heterocycles. The van der Waals surface area contributed by atoms with Gasteiger partial charge in [-0.3, -0.25) is 0 Å². The summed E-state index contributed by atoms with van der Waals surface area (Å²) in [7, 11) is 0. The first kappa shape index (κ1) is 13.9. The van der Waals surface area contributed by atoms with Gasteiger partial charge < -0.3 is 10.1 Å². The van der Waals surface area contributed by atoms with Gasteiger partial charge in [-0.2, -0.15) is 0 Å². The maximum absolute atomic E-state index is 6.12. The van der Waals surface area contributed by atoms with Crippen LogP contribution in [0.25, 0.3) is 0 Å². The Morgan fingerprint density at radius 1 is 1.10 bits per heavy atom. The molecular formula is C15H12Cl3NO. The van der Waals surface area contributed by atoms with Crippen LogP contribution in [0.1, 0.15) is 5.56 Å². The molecule has 5 heteroatoms. The third-order valence-corrected chi connectivity index (χ3v) is 4.10. The first-order valence-corrected chi connectivity index (χ1v) is 7.40. The summed E-state index contributed by atoms with van der Waals surface area (Å²) in [6.45, 7) is 0.635. The normalized spacial score (nSPS) is 16.6. The van der Waals surface area contributed by atoms with Gasteiger partial charge in [-0.25, -0.2) is 0 Å². The summed E-state index contributed by atoms with van der Waals surface area (Å²) in [5, 5.41) is 5.20. The van der Waals surface area contributed by atoms with Gasteiger partial charge in [-0.15, -0.1) is 0 Å². The van der Waals surface area contributed by atoms with Crippen LogP contribution in [-0.4, -0.2) is 12.6 Å². The monoisotopic (exact) mass is 327 g/mol. The summed E-state index contributed by atoms with van der Waals surface area (Å²) in [4.78, 5) is 0. The van der Waals surface area contributed by atoms with Gasteiger partial charge in [0.05, 0.1) is 22.3 Å². The molecule has 0 spiro atoms. The van der Waals surface area contributed by atoms with Crippen LogP contribution in [-0.2, 0) is 6.42 Å². The van der Waals surface area contributed by atoms with E-state index in [2.05, 4.69) is 5.32 Å². The van der Waals surface area contributed by atoms with Crippen LogP contribution in [0.4, 0.5) is 5.69 Å². The molecule has 0 saturated heterocycles. The molecule has 0 saturated carbocycles. The van der Waals surface area contributed by atoms with E-state index < -0.39 is 0 Å². The van der Waals surface area contributed by atoms with Crippen molar-refractivity contribution >= 4 is 40.5 Å². The molecule has 1 unspecified atom stereocenters. The van der Waals surface area contributed by atoms with E-state index in [1.807, 2.05) is 24.3 Å². The third-order valence-electron chi connectivity index (χ3n) is 3.23. The number of hydrogen-bond acceptors (Lipinski definition) is 2. The highest BCUT2D eigenvalue weighted by Gasteiger charge is 2.23. The highest BCUT2D eigenvalue weighted by Crippen LogP contribution is 2.33. The van der Waals surface area contributed by atoms with E-state index in [0.717, 1.165) is 28.4 Å². The highest BCUT2D eigenvalue weighted by atomic mass is 35.5. The first-order valence-electron chi connectivity index (χ1n) is 6.26. The van der Waals surface area contributed by atoms with Crippen molar-refractivity contribution in [1.29, 1.82) is 0 Å². The van der Waals surface area contributed by atoms with Gasteiger partial charge in [0, 0.05) is 11.4 Å². The molecule has 2 aromatic carbocycles. The molecule has 1 aliphatic rings. The zero-order valence-electron chi connectivity index (χ0n) is 10.5. The van der Waals surface area contributed by atoms with Gasteiger partial charge in [0.2, 0.25) is 0 Å². The summed E-state index contributed by atoms with van der Waals surface area (Å²) in [5.41, 5.74) is 1.88. The Morgan fingerprint density at radius 3 is 2.60 bits per heavy atom. The summed E-state index contributed by atoms with van der Waals surface area (Å²) in [5.74, 6) is 0.895. The van der Waals surface area contributed by atoms with Crippen LogP contribution in [0, 0.1) is 0 Å². The second-order valence-corrected chi connectivity index (χ2v) is 5.92. The van der Waals surface area contributed by atoms with Crippen LogP contribution in [0.5, 0.6) is 5.75 Å². The lowest BCUT2D eigenvalue weighted by Crippen LogP contribution is -2.24. The zero-order valence-corrected chi connectivity index (χ0v) is 12.8. The molecule has 2 aromatic rings. The molecule has 20 heavy (non-hydrogen) atoms. The molecule has 0 bridgehead atoms. The third kappa shape index (κ3) is 2.83. The first-order chi connectivity index (χ1) is 9.63. The highest BCUT2D eigenvalue weighted by molar-refractivity contribution is 6.39. The van der Waals surface area contributed by atoms with Crippen LogP contribution in [0.3, 0.4) is 0 Å². The Labute approximate surface area is 132 Å². The summed E-state index contributed by atoms with van der Waals surface area (Å²) in [6, 6.07) is 11.1. The van der Waals surface area contributed by atoms with Gasteiger partial charge in [-0.05, 0) is 35.9 Å². The van der Waals surface area contributed by atoms with Crippen molar-refractivity contribution in [2.45, 2.75) is 12.5 Å². The van der Waals surface area contributed by atoms with Gasteiger partial charge in [-0.1, -0.05) is 40.9 Å². The van der Waals surface area contributed by atoms with Crippen molar-refractivity contribution in [2.75, 3.05) is 11.9 Å². The largest absolute Gasteiger partial charge is 0.488 e. The van der Waals surface area contributed by atoms with Crippen LogP contribution in [0.2, 0.25) is 15.1 Å². The van der Waals surface area contributed by atoms with Gasteiger partial charge in [0.25, 0.3) is 0 Å². The van der Waals surface area contributed by atoms with E-state index in [1.54, 1.807) is 12.1 Å². The molecule has 1 N–H and O–H groups in total. The maximum atomic E-state index is 6.12. The lowest BCUT2D eigenvalue weighted by atomic mass is 10.1. The van der Waals surface area contributed by atoms with Crippen molar-refractivity contribution in [3.8, 4) is 5.75 Å². The van der Waals surface area contributed by atoms with E-state index >= 15 is 0 Å². The number of fused-ring (bicyclic) bond motifs is 1. The van der Waals surface area contributed by atoms with Crippen LogP contribution >= 0.6 is 34.8 Å².